The summed E-state index contributed by atoms with van der Waals surface area (Å²) >= 11 is 1.65. The van der Waals surface area contributed by atoms with Gasteiger partial charge in [-0.15, -0.1) is 11.3 Å². The molecule has 0 saturated heterocycles. The Balaban J connectivity index is 1.40. The molecule has 2 aliphatic carbocycles. The molecule has 0 atom stereocenters. The third-order valence-corrected chi connectivity index (χ3v) is 6.90. The first kappa shape index (κ1) is 17.7. The van der Waals surface area contributed by atoms with Crippen LogP contribution in [0.5, 0.6) is 0 Å². The number of hydrogen-bond acceptors (Lipinski definition) is 5. The second-order valence-electron chi connectivity index (χ2n) is 7.57. The summed E-state index contributed by atoms with van der Waals surface area (Å²) in [7, 11) is 0. The number of esters is 1. The summed E-state index contributed by atoms with van der Waals surface area (Å²) in [6.45, 7) is 0.874. The van der Waals surface area contributed by atoms with Gasteiger partial charge < -0.3 is 4.74 Å². The Kier molecular flexibility index (Phi) is 5.38. The van der Waals surface area contributed by atoms with Gasteiger partial charge in [-0.2, -0.15) is 0 Å². The maximum atomic E-state index is 12.9. The molecule has 0 N–H and O–H groups in total. The molecule has 0 aliphatic heterocycles. The molecule has 140 valence electrons. The fourth-order valence-corrected chi connectivity index (χ4v) is 5.41. The van der Waals surface area contributed by atoms with Crippen molar-refractivity contribution in [1.82, 2.24) is 9.55 Å². The van der Waals surface area contributed by atoms with E-state index in [1.807, 2.05) is 0 Å². The van der Waals surface area contributed by atoms with E-state index in [2.05, 4.69) is 4.98 Å². The fraction of sp³-hybridized carbons (Fsp3) is 0.650. The Bertz CT molecular complexity index is 849. The van der Waals surface area contributed by atoms with Crippen molar-refractivity contribution >= 4 is 27.5 Å². The molecule has 26 heavy (non-hydrogen) atoms. The molecule has 5 nitrogen and oxygen atoms in total. The van der Waals surface area contributed by atoms with Crippen LogP contribution in [0.2, 0.25) is 0 Å². The number of ether oxygens (including phenoxy) is 1. The zero-order chi connectivity index (χ0) is 17.9. The molecule has 4 rings (SSSR count). The lowest BCUT2D eigenvalue weighted by atomic mass is 9.90. The summed E-state index contributed by atoms with van der Waals surface area (Å²) in [4.78, 5) is 31.6. The molecule has 0 spiro atoms. The summed E-state index contributed by atoms with van der Waals surface area (Å²) in [5.41, 5.74) is 1.19. The van der Waals surface area contributed by atoms with Crippen LogP contribution in [-0.2, 0) is 28.9 Å². The predicted molar refractivity (Wildman–Crippen MR) is 103 cm³/mol. The van der Waals surface area contributed by atoms with E-state index in [0.717, 1.165) is 42.3 Å². The van der Waals surface area contributed by atoms with E-state index < -0.39 is 0 Å². The number of thiophene rings is 1. The predicted octanol–water partition coefficient (Wildman–Crippen LogP) is 3.85. The quantitative estimate of drug-likeness (QED) is 0.746. The van der Waals surface area contributed by atoms with Gasteiger partial charge in [0.2, 0.25) is 0 Å². The molecule has 2 heterocycles. The summed E-state index contributed by atoms with van der Waals surface area (Å²) in [6, 6.07) is 0. The summed E-state index contributed by atoms with van der Waals surface area (Å²) < 4.78 is 7.01. The van der Waals surface area contributed by atoms with Gasteiger partial charge in [0.25, 0.3) is 5.56 Å². The Morgan fingerprint density at radius 1 is 1.19 bits per heavy atom. The Morgan fingerprint density at radius 3 is 2.85 bits per heavy atom. The van der Waals surface area contributed by atoms with Crippen molar-refractivity contribution in [2.45, 2.75) is 70.8 Å². The van der Waals surface area contributed by atoms with E-state index >= 15 is 0 Å². The van der Waals surface area contributed by atoms with Gasteiger partial charge in [0.1, 0.15) is 4.83 Å². The molecule has 1 fully saturated rings. The summed E-state index contributed by atoms with van der Waals surface area (Å²) in [6.07, 6.45) is 12.3. The van der Waals surface area contributed by atoms with Crippen molar-refractivity contribution in [3.63, 3.8) is 0 Å². The van der Waals surface area contributed by atoms with Gasteiger partial charge in [0.05, 0.1) is 24.7 Å². The van der Waals surface area contributed by atoms with Gasteiger partial charge in [-0.1, -0.05) is 19.3 Å². The van der Waals surface area contributed by atoms with E-state index in [0.29, 0.717) is 19.1 Å². The zero-order valence-corrected chi connectivity index (χ0v) is 16.0. The molecule has 0 amide bonds. The van der Waals surface area contributed by atoms with Crippen molar-refractivity contribution in [2.75, 3.05) is 6.61 Å². The van der Waals surface area contributed by atoms with Crippen LogP contribution < -0.4 is 5.56 Å². The molecular formula is C20H26N2O3S. The maximum absolute atomic E-state index is 12.9. The highest BCUT2D eigenvalue weighted by Crippen LogP contribution is 2.33. The van der Waals surface area contributed by atoms with Gasteiger partial charge in [-0.05, 0) is 50.0 Å². The first-order valence-corrected chi connectivity index (χ1v) is 10.7. The highest BCUT2D eigenvalue weighted by Gasteiger charge is 2.20. The van der Waals surface area contributed by atoms with Crippen LogP contribution in [0.1, 0.15) is 61.8 Å². The normalized spacial score (nSPS) is 18.0. The van der Waals surface area contributed by atoms with Gasteiger partial charge in [0, 0.05) is 11.4 Å². The van der Waals surface area contributed by atoms with Crippen LogP contribution in [0, 0.1) is 5.92 Å². The number of fused-ring (bicyclic) bond motifs is 3. The van der Waals surface area contributed by atoms with Gasteiger partial charge in [-0.25, -0.2) is 4.98 Å². The molecular weight excluding hydrogens is 348 g/mol. The lowest BCUT2D eigenvalue weighted by molar-refractivity contribution is -0.145. The molecule has 0 unspecified atom stereocenters. The van der Waals surface area contributed by atoms with Crippen molar-refractivity contribution in [3.8, 4) is 0 Å². The largest absolute Gasteiger partial charge is 0.465 e. The first-order chi connectivity index (χ1) is 12.7. The minimum atomic E-state index is -0.213. The first-order valence-electron chi connectivity index (χ1n) is 9.87. The highest BCUT2D eigenvalue weighted by molar-refractivity contribution is 7.18. The minimum absolute atomic E-state index is 0.00511. The second kappa shape index (κ2) is 7.91. The smallest absolute Gasteiger partial charge is 0.307 e. The molecule has 0 radical (unpaired) electrons. The fourth-order valence-electron chi connectivity index (χ4n) is 4.19. The van der Waals surface area contributed by atoms with Crippen LogP contribution in [0.25, 0.3) is 10.2 Å². The lowest BCUT2D eigenvalue weighted by Crippen LogP contribution is -2.23. The molecule has 2 aliphatic rings. The van der Waals surface area contributed by atoms with Gasteiger partial charge in [0.15, 0.2) is 0 Å². The van der Waals surface area contributed by atoms with Crippen LogP contribution in [0.3, 0.4) is 0 Å². The third-order valence-electron chi connectivity index (χ3n) is 5.70. The number of nitrogens with zero attached hydrogens (tertiary/aromatic N) is 2. The maximum Gasteiger partial charge on any atom is 0.307 e. The van der Waals surface area contributed by atoms with Crippen molar-refractivity contribution in [2.24, 2.45) is 5.92 Å². The highest BCUT2D eigenvalue weighted by atomic mass is 32.1. The van der Waals surface area contributed by atoms with E-state index in [-0.39, 0.29) is 17.9 Å². The molecule has 2 aromatic heterocycles. The minimum Gasteiger partial charge on any atom is -0.465 e. The van der Waals surface area contributed by atoms with Crippen molar-refractivity contribution in [3.05, 3.63) is 27.1 Å². The summed E-state index contributed by atoms with van der Waals surface area (Å²) in [5, 5.41) is 0.780. The van der Waals surface area contributed by atoms with Gasteiger partial charge >= 0.3 is 5.97 Å². The molecule has 0 aromatic carbocycles. The zero-order valence-electron chi connectivity index (χ0n) is 15.2. The Hall–Kier alpha value is -1.69. The number of hydrogen-bond donors (Lipinski definition) is 0. The number of carbonyl (C=O) groups is 1. The van der Waals surface area contributed by atoms with Crippen LogP contribution in [-0.4, -0.2) is 22.1 Å². The molecule has 1 saturated carbocycles. The molecule has 0 bridgehead atoms. The monoisotopic (exact) mass is 374 g/mol. The standard InChI is InChI=1S/C20H26N2O3S/c23-17(25-12-14-6-2-1-3-7-14)10-11-22-13-21-19-18(20(22)24)15-8-4-5-9-16(15)26-19/h13-14H,1-12H2. The van der Waals surface area contributed by atoms with Crippen LogP contribution in [0.4, 0.5) is 0 Å². The number of aromatic nitrogens is 2. The average Bonchev–Trinajstić information content (AvgIpc) is 3.06. The van der Waals surface area contributed by atoms with Crippen LogP contribution >= 0.6 is 11.3 Å². The van der Waals surface area contributed by atoms with E-state index in [9.17, 15) is 9.59 Å². The lowest BCUT2D eigenvalue weighted by Gasteiger charge is -2.21. The molecule has 6 heteroatoms. The Labute approximate surface area is 157 Å². The average molecular weight is 375 g/mol. The number of aryl methyl sites for hydroxylation is 3. The third kappa shape index (κ3) is 3.70. The number of carbonyl (C=O) groups excluding carboxylic acids is 1. The second-order valence-corrected chi connectivity index (χ2v) is 8.65. The van der Waals surface area contributed by atoms with Crippen molar-refractivity contribution in [1.29, 1.82) is 0 Å². The van der Waals surface area contributed by atoms with Crippen molar-refractivity contribution < 1.29 is 9.53 Å². The van der Waals surface area contributed by atoms with Crippen LogP contribution in [0.15, 0.2) is 11.1 Å². The van der Waals surface area contributed by atoms with E-state index in [1.165, 1.54) is 36.1 Å². The van der Waals surface area contributed by atoms with E-state index in [4.69, 9.17) is 4.74 Å². The molecule has 2 aromatic rings. The summed E-state index contributed by atoms with van der Waals surface area (Å²) in [5.74, 6) is 0.306. The number of rotatable bonds is 5. The van der Waals surface area contributed by atoms with E-state index in [1.54, 1.807) is 22.2 Å². The topological polar surface area (TPSA) is 61.2 Å². The SMILES string of the molecule is O=C(CCn1cnc2sc3c(c2c1=O)CCCC3)OCC1CCCCC1. The Morgan fingerprint density at radius 2 is 2.00 bits per heavy atom. The van der Waals surface area contributed by atoms with Gasteiger partial charge in [-0.3, -0.25) is 14.2 Å².